The molecule has 1 saturated heterocycles. The van der Waals surface area contributed by atoms with Gasteiger partial charge in [-0.15, -0.1) is 0 Å². The van der Waals surface area contributed by atoms with E-state index in [2.05, 4.69) is 0 Å². The van der Waals surface area contributed by atoms with Gasteiger partial charge < -0.3 is 10.0 Å². The molecule has 5 heteroatoms. The number of nitrogens with zero attached hydrogens (tertiary/aromatic N) is 1. The summed E-state index contributed by atoms with van der Waals surface area (Å²) in [7, 11) is 0. The lowest BCUT2D eigenvalue weighted by atomic mass is 9.75. The van der Waals surface area contributed by atoms with E-state index in [1.165, 1.54) is 18.2 Å². The van der Waals surface area contributed by atoms with Gasteiger partial charge in [0.15, 0.2) is 0 Å². The molecule has 1 heterocycles. The van der Waals surface area contributed by atoms with E-state index in [1.54, 1.807) is 35.2 Å². The SMILES string of the molecule is O=C(c1ccccc1F)N1CCC[C@@](CO)(Cc2ccccc2F)C1. The minimum absolute atomic E-state index is 0.0298. The number of rotatable bonds is 4. The van der Waals surface area contributed by atoms with Crippen molar-refractivity contribution in [3.63, 3.8) is 0 Å². The van der Waals surface area contributed by atoms with Crippen LogP contribution in [0.4, 0.5) is 8.78 Å². The van der Waals surface area contributed by atoms with Crippen molar-refractivity contribution in [1.82, 2.24) is 4.90 Å². The standard InChI is InChI=1S/C20H21F2NO2/c21-17-8-3-1-6-15(17)12-20(14-24)10-5-11-23(13-20)19(25)16-7-2-4-9-18(16)22/h1-4,6-9,24H,5,10-14H2/t20-/m1/s1. The Labute approximate surface area is 145 Å². The Balaban J connectivity index is 1.82. The van der Waals surface area contributed by atoms with Gasteiger partial charge in [0.25, 0.3) is 5.91 Å². The lowest BCUT2D eigenvalue weighted by Gasteiger charge is -2.42. The molecule has 0 unspecified atom stereocenters. The van der Waals surface area contributed by atoms with Gasteiger partial charge >= 0.3 is 0 Å². The number of amides is 1. The molecule has 1 aliphatic heterocycles. The molecule has 1 aliphatic rings. The normalized spacial score (nSPS) is 20.5. The Hall–Kier alpha value is -2.27. The highest BCUT2D eigenvalue weighted by Crippen LogP contribution is 2.34. The average Bonchev–Trinajstić information content (AvgIpc) is 2.64. The van der Waals surface area contributed by atoms with E-state index in [-0.39, 0.29) is 30.4 Å². The average molecular weight is 345 g/mol. The van der Waals surface area contributed by atoms with Gasteiger partial charge in [-0.3, -0.25) is 4.79 Å². The lowest BCUT2D eigenvalue weighted by molar-refractivity contribution is 0.0265. The van der Waals surface area contributed by atoms with Crippen molar-refractivity contribution in [2.75, 3.05) is 19.7 Å². The minimum atomic E-state index is -0.610. The number of carbonyl (C=O) groups is 1. The third-order valence-corrected chi connectivity index (χ3v) is 4.91. The zero-order valence-corrected chi connectivity index (χ0v) is 13.9. The highest BCUT2D eigenvalue weighted by Gasteiger charge is 2.38. The number of hydrogen-bond acceptors (Lipinski definition) is 2. The van der Waals surface area contributed by atoms with Crippen LogP contribution in [-0.2, 0) is 6.42 Å². The van der Waals surface area contributed by atoms with Gasteiger partial charge in [-0.05, 0) is 43.0 Å². The molecule has 0 aliphatic carbocycles. The monoisotopic (exact) mass is 345 g/mol. The van der Waals surface area contributed by atoms with E-state index in [0.29, 0.717) is 31.4 Å². The fourth-order valence-electron chi connectivity index (χ4n) is 3.56. The molecule has 0 saturated carbocycles. The van der Waals surface area contributed by atoms with Crippen LogP contribution in [0.3, 0.4) is 0 Å². The summed E-state index contributed by atoms with van der Waals surface area (Å²) in [5.41, 5.74) is -0.0553. The number of aliphatic hydroxyl groups is 1. The topological polar surface area (TPSA) is 40.5 Å². The predicted octanol–water partition coefficient (Wildman–Crippen LogP) is 3.42. The summed E-state index contributed by atoms with van der Waals surface area (Å²) in [5, 5.41) is 9.98. The first-order valence-electron chi connectivity index (χ1n) is 8.43. The zero-order chi connectivity index (χ0) is 17.9. The Morgan fingerprint density at radius 2 is 1.76 bits per heavy atom. The first-order chi connectivity index (χ1) is 12.0. The van der Waals surface area contributed by atoms with Crippen molar-refractivity contribution in [3.8, 4) is 0 Å². The first-order valence-corrected chi connectivity index (χ1v) is 8.43. The van der Waals surface area contributed by atoms with E-state index in [9.17, 15) is 18.7 Å². The molecule has 3 nitrogen and oxygen atoms in total. The molecule has 1 amide bonds. The second-order valence-electron chi connectivity index (χ2n) is 6.74. The number of benzene rings is 2. The van der Waals surface area contributed by atoms with Gasteiger partial charge in [0.2, 0.25) is 0 Å². The van der Waals surface area contributed by atoms with Crippen LogP contribution in [0.1, 0.15) is 28.8 Å². The minimum Gasteiger partial charge on any atom is -0.396 e. The van der Waals surface area contributed by atoms with Crippen LogP contribution in [0, 0.1) is 17.0 Å². The van der Waals surface area contributed by atoms with Gasteiger partial charge in [0, 0.05) is 18.5 Å². The van der Waals surface area contributed by atoms with Crippen LogP contribution in [0.15, 0.2) is 48.5 Å². The number of piperidine rings is 1. The molecular weight excluding hydrogens is 324 g/mol. The number of halogens is 2. The van der Waals surface area contributed by atoms with Gasteiger partial charge in [-0.2, -0.15) is 0 Å². The van der Waals surface area contributed by atoms with E-state index in [1.807, 2.05) is 0 Å². The summed E-state index contributed by atoms with van der Waals surface area (Å²) in [6.45, 7) is 0.638. The van der Waals surface area contributed by atoms with Crippen LogP contribution in [0.5, 0.6) is 0 Å². The molecular formula is C20H21F2NO2. The third kappa shape index (κ3) is 3.71. The summed E-state index contributed by atoms with van der Waals surface area (Å²) >= 11 is 0. The third-order valence-electron chi connectivity index (χ3n) is 4.91. The second-order valence-corrected chi connectivity index (χ2v) is 6.74. The van der Waals surface area contributed by atoms with Crippen molar-refractivity contribution in [2.45, 2.75) is 19.3 Å². The molecule has 132 valence electrons. The molecule has 0 bridgehead atoms. The molecule has 2 aromatic carbocycles. The summed E-state index contributed by atoms with van der Waals surface area (Å²) in [6, 6.07) is 12.4. The highest BCUT2D eigenvalue weighted by atomic mass is 19.1. The lowest BCUT2D eigenvalue weighted by Crippen LogP contribution is -2.49. The molecule has 3 rings (SSSR count). The molecule has 1 atom stereocenters. The highest BCUT2D eigenvalue weighted by molar-refractivity contribution is 5.94. The van der Waals surface area contributed by atoms with Crippen LogP contribution in [-0.4, -0.2) is 35.6 Å². The van der Waals surface area contributed by atoms with Gasteiger partial charge in [-0.25, -0.2) is 8.78 Å². The Morgan fingerprint density at radius 3 is 2.44 bits per heavy atom. The fraction of sp³-hybridized carbons (Fsp3) is 0.350. The van der Waals surface area contributed by atoms with Crippen molar-refractivity contribution >= 4 is 5.91 Å². The number of hydrogen-bond donors (Lipinski definition) is 1. The van der Waals surface area contributed by atoms with Crippen molar-refractivity contribution < 1.29 is 18.7 Å². The van der Waals surface area contributed by atoms with E-state index in [0.717, 1.165) is 0 Å². The molecule has 1 N–H and O–H groups in total. The van der Waals surface area contributed by atoms with Crippen LogP contribution in [0.2, 0.25) is 0 Å². The number of carbonyl (C=O) groups excluding carboxylic acids is 1. The van der Waals surface area contributed by atoms with Crippen molar-refractivity contribution in [3.05, 3.63) is 71.3 Å². The summed E-state index contributed by atoms with van der Waals surface area (Å²) in [6.07, 6.45) is 1.73. The number of likely N-dealkylation sites (tertiary alicyclic amines) is 1. The molecule has 0 radical (unpaired) electrons. The second kappa shape index (κ2) is 7.31. The van der Waals surface area contributed by atoms with E-state index in [4.69, 9.17) is 0 Å². The Kier molecular flexibility index (Phi) is 5.13. The summed E-state index contributed by atoms with van der Waals surface area (Å²) in [4.78, 5) is 14.2. The van der Waals surface area contributed by atoms with Gasteiger partial charge in [-0.1, -0.05) is 30.3 Å². The van der Waals surface area contributed by atoms with Crippen LogP contribution < -0.4 is 0 Å². The van der Waals surface area contributed by atoms with Crippen molar-refractivity contribution in [1.29, 1.82) is 0 Å². The summed E-state index contributed by atoms with van der Waals surface area (Å²) < 4.78 is 27.9. The maximum atomic E-state index is 14.0. The van der Waals surface area contributed by atoms with Gasteiger partial charge in [0.1, 0.15) is 11.6 Å². The van der Waals surface area contributed by atoms with E-state index < -0.39 is 11.2 Å². The maximum Gasteiger partial charge on any atom is 0.256 e. The van der Waals surface area contributed by atoms with E-state index >= 15 is 0 Å². The fourth-order valence-corrected chi connectivity index (χ4v) is 3.56. The Morgan fingerprint density at radius 1 is 1.08 bits per heavy atom. The van der Waals surface area contributed by atoms with Gasteiger partial charge in [0.05, 0.1) is 12.2 Å². The van der Waals surface area contributed by atoms with Crippen LogP contribution >= 0.6 is 0 Å². The number of aliphatic hydroxyl groups excluding tert-OH is 1. The predicted molar refractivity (Wildman–Crippen MR) is 91.2 cm³/mol. The zero-order valence-electron chi connectivity index (χ0n) is 13.9. The smallest absolute Gasteiger partial charge is 0.256 e. The summed E-state index contributed by atoms with van der Waals surface area (Å²) in [5.74, 6) is -1.25. The first kappa shape index (κ1) is 17.5. The Bertz CT molecular complexity index is 765. The van der Waals surface area contributed by atoms with Crippen LogP contribution in [0.25, 0.3) is 0 Å². The molecule has 1 fully saturated rings. The quantitative estimate of drug-likeness (QED) is 0.922. The maximum absolute atomic E-state index is 14.0. The largest absolute Gasteiger partial charge is 0.396 e. The molecule has 2 aromatic rings. The van der Waals surface area contributed by atoms with Crippen molar-refractivity contribution in [2.24, 2.45) is 5.41 Å². The molecule has 0 aromatic heterocycles. The molecule has 25 heavy (non-hydrogen) atoms. The molecule has 0 spiro atoms.